The van der Waals surface area contributed by atoms with Crippen LogP contribution in [-0.4, -0.2) is 38.8 Å². The summed E-state index contributed by atoms with van der Waals surface area (Å²) in [7, 11) is 0. The molecule has 0 spiro atoms. The van der Waals surface area contributed by atoms with Crippen molar-refractivity contribution in [1.82, 2.24) is 9.97 Å². The molecule has 6 nitrogen and oxygen atoms in total. The molecule has 1 unspecified atom stereocenters. The number of fused-ring (bicyclic) bond motifs is 1. The van der Waals surface area contributed by atoms with E-state index < -0.39 is 18.6 Å². The highest BCUT2D eigenvalue weighted by Crippen LogP contribution is 2.29. The van der Waals surface area contributed by atoms with Gasteiger partial charge in [-0.25, -0.2) is 14.8 Å². The molecule has 0 radical (unpaired) electrons. The molecule has 1 aromatic heterocycles. The van der Waals surface area contributed by atoms with Crippen LogP contribution in [-0.2, 0) is 4.79 Å². The van der Waals surface area contributed by atoms with Crippen LogP contribution in [0, 0.1) is 0 Å². The maximum absolute atomic E-state index is 11.2. The number of benzene rings is 2. The van der Waals surface area contributed by atoms with E-state index in [0.717, 1.165) is 0 Å². The van der Waals surface area contributed by atoms with Crippen LogP contribution < -0.4 is 5.32 Å². The van der Waals surface area contributed by atoms with Gasteiger partial charge in [-0.3, -0.25) is 0 Å². The predicted octanol–water partition coefficient (Wildman–Crippen LogP) is 2.81. The van der Waals surface area contributed by atoms with Crippen LogP contribution >= 0.6 is 11.6 Å². The zero-order valence-electron chi connectivity index (χ0n) is 12.5. The summed E-state index contributed by atoms with van der Waals surface area (Å²) >= 11 is 6.21. The van der Waals surface area contributed by atoms with Crippen LogP contribution in [0.15, 0.2) is 48.5 Å². The lowest BCUT2D eigenvalue weighted by Crippen LogP contribution is -2.33. The molecule has 1 heterocycles. The van der Waals surface area contributed by atoms with Gasteiger partial charge in [-0.05, 0) is 24.3 Å². The fourth-order valence-corrected chi connectivity index (χ4v) is 2.52. The fourth-order valence-electron chi connectivity index (χ4n) is 2.30. The molecule has 0 saturated carbocycles. The molecule has 0 amide bonds. The van der Waals surface area contributed by atoms with Crippen LogP contribution in [0.3, 0.4) is 0 Å². The number of aliphatic hydroxyl groups is 1. The van der Waals surface area contributed by atoms with Crippen molar-refractivity contribution in [3.8, 4) is 11.4 Å². The van der Waals surface area contributed by atoms with E-state index in [-0.39, 0.29) is 0 Å². The summed E-state index contributed by atoms with van der Waals surface area (Å²) in [6.07, 6.45) is 0. The van der Waals surface area contributed by atoms with Crippen molar-refractivity contribution in [3.05, 3.63) is 53.6 Å². The summed E-state index contributed by atoms with van der Waals surface area (Å²) in [4.78, 5) is 20.1. The zero-order valence-corrected chi connectivity index (χ0v) is 13.2. The number of halogens is 1. The van der Waals surface area contributed by atoms with Gasteiger partial charge in [0.15, 0.2) is 5.82 Å². The summed E-state index contributed by atoms with van der Waals surface area (Å²) in [5.41, 5.74) is 1.29. The molecule has 0 aliphatic carbocycles. The minimum absolute atomic E-state index is 0.331. The van der Waals surface area contributed by atoms with E-state index in [4.69, 9.17) is 16.7 Å². The van der Waals surface area contributed by atoms with Gasteiger partial charge >= 0.3 is 5.97 Å². The summed E-state index contributed by atoms with van der Waals surface area (Å²) in [6, 6.07) is 13.2. The van der Waals surface area contributed by atoms with Gasteiger partial charge in [-0.2, -0.15) is 0 Å². The van der Waals surface area contributed by atoms with Gasteiger partial charge in [0.1, 0.15) is 11.9 Å². The Morgan fingerprint density at radius 2 is 1.83 bits per heavy atom. The molecular weight excluding hydrogens is 330 g/mol. The second kappa shape index (κ2) is 6.82. The molecule has 0 aliphatic rings. The van der Waals surface area contributed by atoms with E-state index in [0.29, 0.717) is 33.1 Å². The summed E-state index contributed by atoms with van der Waals surface area (Å²) in [5, 5.41) is 22.3. The second-order valence-corrected chi connectivity index (χ2v) is 5.52. The summed E-state index contributed by atoms with van der Waals surface area (Å²) in [5.74, 6) is -0.458. The van der Waals surface area contributed by atoms with Crippen molar-refractivity contribution in [2.45, 2.75) is 6.04 Å². The van der Waals surface area contributed by atoms with Crippen LogP contribution in [0.5, 0.6) is 0 Å². The average molecular weight is 344 g/mol. The molecule has 3 aromatic rings. The number of para-hydroxylation sites is 1. The van der Waals surface area contributed by atoms with Crippen LogP contribution in [0.1, 0.15) is 0 Å². The van der Waals surface area contributed by atoms with E-state index in [1.54, 1.807) is 36.4 Å². The summed E-state index contributed by atoms with van der Waals surface area (Å²) < 4.78 is 0. The molecule has 7 heteroatoms. The molecule has 1 atom stereocenters. The molecule has 0 saturated heterocycles. The number of rotatable bonds is 5. The Morgan fingerprint density at radius 3 is 2.54 bits per heavy atom. The quantitative estimate of drug-likeness (QED) is 0.659. The third-order valence-corrected chi connectivity index (χ3v) is 3.84. The smallest absolute Gasteiger partial charge is 0.328 e. The van der Waals surface area contributed by atoms with Crippen molar-refractivity contribution < 1.29 is 15.0 Å². The minimum atomic E-state index is -1.17. The lowest BCUT2D eigenvalue weighted by Gasteiger charge is -2.15. The van der Waals surface area contributed by atoms with Crippen molar-refractivity contribution in [3.63, 3.8) is 0 Å². The average Bonchev–Trinajstić information content (AvgIpc) is 2.59. The number of carboxylic acids is 1. The largest absolute Gasteiger partial charge is 0.480 e. The highest BCUT2D eigenvalue weighted by Gasteiger charge is 2.19. The Labute approximate surface area is 142 Å². The Balaban J connectivity index is 2.16. The normalized spacial score (nSPS) is 12.1. The van der Waals surface area contributed by atoms with Crippen LogP contribution in [0.4, 0.5) is 5.82 Å². The maximum atomic E-state index is 11.2. The molecule has 3 N–H and O–H groups in total. The van der Waals surface area contributed by atoms with Gasteiger partial charge in [0, 0.05) is 10.9 Å². The molecule has 2 aromatic carbocycles. The first-order chi connectivity index (χ1) is 11.6. The third-order valence-electron chi connectivity index (χ3n) is 3.51. The molecule has 0 fully saturated rings. The number of hydrogen-bond acceptors (Lipinski definition) is 5. The fraction of sp³-hybridized carbons (Fsp3) is 0.118. The first-order valence-electron chi connectivity index (χ1n) is 7.22. The van der Waals surface area contributed by atoms with Crippen LogP contribution in [0.2, 0.25) is 5.02 Å². The van der Waals surface area contributed by atoms with Gasteiger partial charge in [0.25, 0.3) is 0 Å². The Bertz CT molecular complexity index is 901. The van der Waals surface area contributed by atoms with Gasteiger partial charge in [-0.15, -0.1) is 0 Å². The monoisotopic (exact) mass is 343 g/mol. The van der Waals surface area contributed by atoms with Gasteiger partial charge in [-0.1, -0.05) is 35.9 Å². The number of aliphatic hydroxyl groups excluding tert-OH is 1. The Kier molecular flexibility index (Phi) is 4.59. The highest BCUT2D eigenvalue weighted by atomic mass is 35.5. The van der Waals surface area contributed by atoms with Crippen molar-refractivity contribution in [2.75, 3.05) is 11.9 Å². The number of nitrogens with zero attached hydrogens (tertiary/aromatic N) is 2. The lowest BCUT2D eigenvalue weighted by atomic mass is 10.1. The second-order valence-electron chi connectivity index (χ2n) is 5.11. The van der Waals surface area contributed by atoms with Crippen LogP contribution in [0.25, 0.3) is 22.3 Å². The number of carbonyl (C=O) groups is 1. The van der Waals surface area contributed by atoms with Gasteiger partial charge in [0.2, 0.25) is 0 Å². The molecule has 122 valence electrons. The number of carboxylic acid groups (broad SMARTS) is 1. The van der Waals surface area contributed by atoms with Crippen molar-refractivity contribution in [2.24, 2.45) is 0 Å². The Hall–Kier alpha value is -2.70. The van der Waals surface area contributed by atoms with E-state index in [9.17, 15) is 9.90 Å². The van der Waals surface area contributed by atoms with E-state index >= 15 is 0 Å². The number of aromatic nitrogens is 2. The molecule has 3 rings (SSSR count). The topological polar surface area (TPSA) is 95.3 Å². The van der Waals surface area contributed by atoms with Crippen molar-refractivity contribution >= 4 is 34.3 Å². The van der Waals surface area contributed by atoms with Crippen molar-refractivity contribution in [1.29, 1.82) is 0 Å². The predicted molar refractivity (Wildman–Crippen MR) is 92.1 cm³/mol. The first kappa shape index (κ1) is 16.2. The first-order valence-corrected chi connectivity index (χ1v) is 7.60. The van der Waals surface area contributed by atoms with E-state index in [2.05, 4.69) is 15.3 Å². The Morgan fingerprint density at radius 1 is 1.12 bits per heavy atom. The minimum Gasteiger partial charge on any atom is -0.480 e. The number of nitrogens with one attached hydrogen (secondary N) is 1. The maximum Gasteiger partial charge on any atom is 0.328 e. The molecular formula is C17H14ClN3O3. The highest BCUT2D eigenvalue weighted by molar-refractivity contribution is 6.33. The third kappa shape index (κ3) is 3.15. The van der Waals surface area contributed by atoms with Gasteiger partial charge < -0.3 is 15.5 Å². The van der Waals surface area contributed by atoms with Gasteiger partial charge in [0.05, 0.1) is 17.1 Å². The number of hydrogen-bond donors (Lipinski definition) is 3. The zero-order chi connectivity index (χ0) is 17.1. The summed E-state index contributed by atoms with van der Waals surface area (Å²) in [6.45, 7) is -0.560. The lowest BCUT2D eigenvalue weighted by molar-refractivity contribution is -0.138. The standard InChI is InChI=1S/C17H14ClN3O3/c18-12-7-3-1-5-10(12)15-19-13-8-4-2-6-11(13)16(21-15)20-14(9-22)17(23)24/h1-8,14,22H,9H2,(H,23,24)(H,19,20,21). The SMILES string of the molecule is O=C(O)C(CO)Nc1nc(-c2ccccc2Cl)nc2ccccc12. The molecule has 0 bridgehead atoms. The molecule has 24 heavy (non-hydrogen) atoms. The number of aliphatic carboxylic acids is 1. The molecule has 0 aliphatic heterocycles. The number of anilines is 1. The van der Waals surface area contributed by atoms with E-state index in [1.807, 2.05) is 12.1 Å². The van der Waals surface area contributed by atoms with E-state index in [1.165, 1.54) is 0 Å².